The number of carbonyl (C=O) groups excluding carboxylic acids is 1. The molecule has 0 aromatic heterocycles. The number of benzene rings is 1. The van der Waals surface area contributed by atoms with Crippen LogP contribution >= 0.6 is 0 Å². The number of ether oxygens (including phenoxy) is 4. The van der Waals surface area contributed by atoms with E-state index in [9.17, 15) is 4.79 Å². The second-order valence-corrected chi connectivity index (χ2v) is 6.00. The van der Waals surface area contributed by atoms with Gasteiger partial charge in [-0.1, -0.05) is 30.3 Å². The van der Waals surface area contributed by atoms with Crippen LogP contribution in [-0.4, -0.2) is 38.4 Å². The van der Waals surface area contributed by atoms with Crippen molar-refractivity contribution >= 4 is 6.16 Å². The van der Waals surface area contributed by atoms with E-state index in [4.69, 9.17) is 18.9 Å². The van der Waals surface area contributed by atoms with E-state index >= 15 is 0 Å². The highest BCUT2D eigenvalue weighted by Gasteiger charge is 2.49. The van der Waals surface area contributed by atoms with Crippen molar-refractivity contribution in [1.29, 1.82) is 0 Å². The molecule has 1 heterocycles. The van der Waals surface area contributed by atoms with Gasteiger partial charge in [0.2, 0.25) is 5.79 Å². The van der Waals surface area contributed by atoms with Gasteiger partial charge >= 0.3 is 6.16 Å². The first-order chi connectivity index (χ1) is 11.7. The molecule has 1 aliphatic heterocycles. The topological polar surface area (TPSA) is 57.3 Å². The second kappa shape index (κ2) is 10.3. The average Bonchev–Trinajstić information content (AvgIpc) is 3.34. The maximum Gasteiger partial charge on any atom is 0.510 e. The Morgan fingerprint density at radius 2 is 1.83 bits per heavy atom. The summed E-state index contributed by atoms with van der Waals surface area (Å²) >= 11 is 0. The molecule has 0 saturated carbocycles. The van der Waals surface area contributed by atoms with E-state index in [2.05, 4.69) is 24.3 Å². The van der Waals surface area contributed by atoms with Crippen LogP contribution in [0.5, 0.6) is 0 Å². The molecule has 24 heavy (non-hydrogen) atoms. The highest BCUT2D eigenvalue weighted by Crippen LogP contribution is 2.34. The minimum Gasteiger partial charge on any atom is -0.435 e. The molecule has 1 aromatic rings. The summed E-state index contributed by atoms with van der Waals surface area (Å²) in [6, 6.07) is 10.5. The smallest absolute Gasteiger partial charge is 0.435 e. The lowest BCUT2D eigenvalue weighted by Gasteiger charge is -2.12. The Labute approximate surface area is 144 Å². The lowest BCUT2D eigenvalue weighted by atomic mass is 10.1. The van der Waals surface area contributed by atoms with E-state index < -0.39 is 11.9 Å². The first-order valence-electron chi connectivity index (χ1n) is 8.85. The maximum atomic E-state index is 11.3. The molecule has 0 N–H and O–H groups in total. The van der Waals surface area contributed by atoms with Gasteiger partial charge in [0.05, 0.1) is 6.61 Å². The predicted octanol–water partition coefficient (Wildman–Crippen LogP) is 4.10. The molecule has 134 valence electrons. The van der Waals surface area contributed by atoms with Crippen molar-refractivity contribution in [2.24, 2.45) is 0 Å². The molecule has 0 spiro atoms. The third-order valence-electron chi connectivity index (χ3n) is 3.94. The van der Waals surface area contributed by atoms with Gasteiger partial charge in [-0.3, -0.25) is 0 Å². The molecule has 2 rings (SSSR count). The Kier molecular flexibility index (Phi) is 8.05. The molecule has 1 aliphatic rings. The van der Waals surface area contributed by atoms with Crippen molar-refractivity contribution in [2.75, 3.05) is 26.4 Å². The number of unbranched alkanes of at least 4 members (excludes halogenated alkanes) is 2. The third-order valence-corrected chi connectivity index (χ3v) is 3.94. The first kappa shape index (κ1) is 18.7. The van der Waals surface area contributed by atoms with Gasteiger partial charge in [0.25, 0.3) is 0 Å². The Hall–Kier alpha value is -1.59. The summed E-state index contributed by atoms with van der Waals surface area (Å²) in [5.74, 6) is -0.734. The Bertz CT molecular complexity index is 470. The summed E-state index contributed by atoms with van der Waals surface area (Å²) in [4.78, 5) is 11.3. The van der Waals surface area contributed by atoms with Crippen LogP contribution in [0.15, 0.2) is 30.3 Å². The first-order valence-corrected chi connectivity index (χ1v) is 8.85. The number of aryl methyl sites for hydroxylation is 1. The SMILES string of the molecule is CCOC(=O)OC1(CCCCOCCCCc2ccccc2)CO1. The van der Waals surface area contributed by atoms with E-state index in [1.165, 1.54) is 5.56 Å². The minimum absolute atomic E-state index is 0.313. The quantitative estimate of drug-likeness (QED) is 0.327. The van der Waals surface area contributed by atoms with E-state index in [-0.39, 0.29) is 0 Å². The molecule has 5 nitrogen and oxygen atoms in total. The molecular formula is C19H28O5. The highest BCUT2D eigenvalue weighted by atomic mass is 16.8. The van der Waals surface area contributed by atoms with Crippen LogP contribution in [0, 0.1) is 0 Å². The molecule has 1 unspecified atom stereocenters. The molecule has 1 saturated heterocycles. The van der Waals surface area contributed by atoms with Crippen LogP contribution in [0.2, 0.25) is 0 Å². The summed E-state index contributed by atoms with van der Waals surface area (Å²) in [6.07, 6.45) is 5.23. The zero-order valence-corrected chi connectivity index (χ0v) is 14.5. The molecule has 1 aromatic carbocycles. The summed E-state index contributed by atoms with van der Waals surface area (Å²) in [5, 5.41) is 0. The number of hydrogen-bond acceptors (Lipinski definition) is 5. The Balaban J connectivity index is 1.41. The highest BCUT2D eigenvalue weighted by molar-refractivity contribution is 5.60. The monoisotopic (exact) mass is 336 g/mol. The zero-order chi connectivity index (χ0) is 17.1. The van der Waals surface area contributed by atoms with Crippen molar-refractivity contribution in [3.8, 4) is 0 Å². The summed E-state index contributed by atoms with van der Waals surface area (Å²) < 4.78 is 20.8. The fourth-order valence-corrected chi connectivity index (χ4v) is 2.51. The number of hydrogen-bond donors (Lipinski definition) is 0. The molecule has 1 fully saturated rings. The van der Waals surface area contributed by atoms with Gasteiger partial charge in [0.1, 0.15) is 6.61 Å². The molecule has 0 aliphatic carbocycles. The maximum absolute atomic E-state index is 11.3. The zero-order valence-electron chi connectivity index (χ0n) is 14.5. The van der Waals surface area contributed by atoms with Crippen LogP contribution in [0.4, 0.5) is 4.79 Å². The third kappa shape index (κ3) is 7.32. The van der Waals surface area contributed by atoms with Gasteiger partial charge in [-0.15, -0.1) is 0 Å². The summed E-state index contributed by atoms with van der Waals surface area (Å²) in [7, 11) is 0. The number of carbonyl (C=O) groups is 1. The van der Waals surface area contributed by atoms with Gasteiger partial charge in [0.15, 0.2) is 0 Å². The van der Waals surface area contributed by atoms with Gasteiger partial charge in [-0.2, -0.15) is 0 Å². The van der Waals surface area contributed by atoms with E-state index in [1.807, 2.05) is 6.07 Å². The van der Waals surface area contributed by atoms with Crippen LogP contribution in [-0.2, 0) is 25.4 Å². The predicted molar refractivity (Wildman–Crippen MR) is 90.8 cm³/mol. The van der Waals surface area contributed by atoms with Gasteiger partial charge in [-0.05, 0) is 44.6 Å². The van der Waals surface area contributed by atoms with Crippen molar-refractivity contribution < 1.29 is 23.7 Å². The standard InChI is InChI=1S/C19H28O5/c1-2-22-18(20)24-19(16-23-19)13-7-9-15-21-14-8-6-12-17-10-4-3-5-11-17/h3-5,10-11H,2,6-9,12-16H2,1H3. The van der Waals surface area contributed by atoms with Gasteiger partial charge in [0, 0.05) is 19.6 Å². The Morgan fingerprint density at radius 3 is 2.50 bits per heavy atom. The summed E-state index contributed by atoms with van der Waals surface area (Å²) in [6.45, 7) is 4.06. The van der Waals surface area contributed by atoms with Crippen molar-refractivity contribution in [1.82, 2.24) is 0 Å². The molecule has 1 atom stereocenters. The van der Waals surface area contributed by atoms with Crippen LogP contribution < -0.4 is 0 Å². The second-order valence-electron chi connectivity index (χ2n) is 6.00. The van der Waals surface area contributed by atoms with Crippen molar-refractivity contribution in [3.63, 3.8) is 0 Å². The summed E-state index contributed by atoms with van der Waals surface area (Å²) in [5.41, 5.74) is 1.38. The lowest BCUT2D eigenvalue weighted by Crippen LogP contribution is -2.22. The van der Waals surface area contributed by atoms with E-state index in [0.717, 1.165) is 45.3 Å². The van der Waals surface area contributed by atoms with Gasteiger partial charge < -0.3 is 18.9 Å². The Morgan fingerprint density at radius 1 is 1.12 bits per heavy atom. The van der Waals surface area contributed by atoms with Crippen molar-refractivity contribution in [2.45, 2.75) is 51.2 Å². The molecule has 5 heteroatoms. The molecule has 0 bridgehead atoms. The number of epoxide rings is 1. The number of rotatable bonds is 12. The molecular weight excluding hydrogens is 308 g/mol. The lowest BCUT2D eigenvalue weighted by molar-refractivity contribution is -0.0387. The largest absolute Gasteiger partial charge is 0.510 e. The van der Waals surface area contributed by atoms with E-state index in [0.29, 0.717) is 19.6 Å². The van der Waals surface area contributed by atoms with Gasteiger partial charge in [-0.25, -0.2) is 4.79 Å². The minimum atomic E-state index is -0.734. The van der Waals surface area contributed by atoms with Crippen LogP contribution in [0.1, 0.15) is 44.6 Å². The molecule has 0 radical (unpaired) electrons. The fourth-order valence-electron chi connectivity index (χ4n) is 2.51. The van der Waals surface area contributed by atoms with E-state index in [1.54, 1.807) is 6.92 Å². The van der Waals surface area contributed by atoms with Crippen molar-refractivity contribution in [3.05, 3.63) is 35.9 Å². The fraction of sp³-hybridized carbons (Fsp3) is 0.632. The molecule has 0 amide bonds. The van der Waals surface area contributed by atoms with Crippen LogP contribution in [0.3, 0.4) is 0 Å². The normalized spacial score (nSPS) is 19.0. The average molecular weight is 336 g/mol. The van der Waals surface area contributed by atoms with Crippen LogP contribution in [0.25, 0.3) is 0 Å².